The summed E-state index contributed by atoms with van der Waals surface area (Å²) in [6.07, 6.45) is -1.85. The largest absolute Gasteiger partial charge is 0.416 e. The lowest BCUT2D eigenvalue weighted by Crippen LogP contribution is -2.12. The first kappa shape index (κ1) is 16.5. The smallest absolute Gasteiger partial charge is 0.360 e. The molecule has 4 aromatic rings. The Morgan fingerprint density at radius 1 is 1.00 bits per heavy atom. The van der Waals surface area contributed by atoms with Gasteiger partial charge in [-0.2, -0.15) is 13.2 Å². The molecule has 2 heterocycles. The minimum atomic E-state index is -4.50. The van der Waals surface area contributed by atoms with E-state index in [-0.39, 0.29) is 15.8 Å². The van der Waals surface area contributed by atoms with Gasteiger partial charge in [-0.1, -0.05) is 6.07 Å². The lowest BCUT2D eigenvalue weighted by Gasteiger charge is -2.08. The van der Waals surface area contributed by atoms with Crippen LogP contribution in [0.5, 0.6) is 0 Å². The molecule has 0 atom stereocenters. The molecule has 0 aliphatic carbocycles. The van der Waals surface area contributed by atoms with Gasteiger partial charge >= 0.3 is 6.18 Å². The first-order valence-electron chi connectivity index (χ1n) is 7.38. The summed E-state index contributed by atoms with van der Waals surface area (Å²) in [5, 5.41) is 0.174. The minimum Gasteiger partial charge on any atom is -0.360 e. The molecule has 0 bridgehead atoms. The van der Waals surface area contributed by atoms with Crippen molar-refractivity contribution in [3.63, 3.8) is 0 Å². The molecule has 0 aliphatic heterocycles. The maximum Gasteiger partial charge on any atom is 0.416 e. The molecule has 3 N–H and O–H groups in total. The van der Waals surface area contributed by atoms with Gasteiger partial charge < -0.3 is 9.97 Å². The number of benzene rings is 2. The molecule has 2 aromatic heterocycles. The number of hydrogen-bond donors (Lipinski definition) is 3. The number of alkyl halides is 3. The van der Waals surface area contributed by atoms with E-state index in [4.69, 9.17) is 0 Å². The molecular weight excluding hydrogens is 369 g/mol. The van der Waals surface area contributed by atoms with E-state index >= 15 is 0 Å². The fourth-order valence-corrected chi connectivity index (χ4v) is 3.94. The van der Waals surface area contributed by atoms with Gasteiger partial charge in [0.15, 0.2) is 0 Å². The maximum absolute atomic E-state index is 12.8. The molecule has 2 aromatic carbocycles. The number of sulfonamides is 1. The Hall–Kier alpha value is -3.01. The van der Waals surface area contributed by atoms with Crippen molar-refractivity contribution in [1.82, 2.24) is 15.0 Å². The lowest BCUT2D eigenvalue weighted by molar-refractivity contribution is -0.137. The highest BCUT2D eigenvalue weighted by Gasteiger charge is 2.31. The van der Waals surface area contributed by atoms with Crippen LogP contribution in [-0.4, -0.2) is 23.4 Å². The van der Waals surface area contributed by atoms with Crippen LogP contribution in [0.2, 0.25) is 0 Å². The van der Waals surface area contributed by atoms with Crippen LogP contribution >= 0.6 is 0 Å². The molecule has 26 heavy (non-hydrogen) atoms. The Morgan fingerprint density at radius 2 is 1.81 bits per heavy atom. The fourth-order valence-electron chi connectivity index (χ4n) is 2.71. The molecule has 6 nitrogen and oxygen atoms in total. The van der Waals surface area contributed by atoms with Crippen LogP contribution in [0, 0.1) is 0 Å². The number of H-pyrrole nitrogens is 2. The number of aromatic amines is 2. The second-order valence-corrected chi connectivity index (χ2v) is 7.30. The van der Waals surface area contributed by atoms with Crippen LogP contribution in [0.1, 0.15) is 5.56 Å². The molecule has 0 saturated carbocycles. The number of rotatable bonds is 3. The summed E-state index contributed by atoms with van der Waals surface area (Å²) < 4.78 is 66.1. The Labute approximate surface area is 145 Å². The number of halogens is 3. The Balaban J connectivity index is 1.73. The molecule has 134 valence electrons. The van der Waals surface area contributed by atoms with Crippen molar-refractivity contribution < 1.29 is 21.6 Å². The topological polar surface area (TPSA) is 90.6 Å². The third kappa shape index (κ3) is 2.77. The van der Waals surface area contributed by atoms with Crippen LogP contribution < -0.4 is 4.72 Å². The molecule has 0 radical (unpaired) electrons. The van der Waals surface area contributed by atoms with Gasteiger partial charge in [0.05, 0.1) is 28.6 Å². The van der Waals surface area contributed by atoms with Crippen molar-refractivity contribution in [1.29, 1.82) is 0 Å². The third-order valence-electron chi connectivity index (χ3n) is 3.93. The number of fused-ring (bicyclic) bond motifs is 2. The first-order chi connectivity index (χ1) is 12.2. The number of aromatic nitrogens is 3. The van der Waals surface area contributed by atoms with Crippen molar-refractivity contribution in [3.8, 4) is 0 Å². The van der Waals surface area contributed by atoms with Gasteiger partial charge in [-0.3, -0.25) is 4.72 Å². The summed E-state index contributed by atoms with van der Waals surface area (Å²) in [6.45, 7) is 0. The highest BCUT2D eigenvalue weighted by molar-refractivity contribution is 7.93. The molecular formula is C16H11F3N4O2S. The lowest BCUT2D eigenvalue weighted by atomic mass is 10.1. The van der Waals surface area contributed by atoms with Gasteiger partial charge in [-0.15, -0.1) is 0 Å². The second-order valence-electron chi connectivity index (χ2n) is 5.65. The van der Waals surface area contributed by atoms with Crippen molar-refractivity contribution >= 4 is 37.6 Å². The van der Waals surface area contributed by atoms with Crippen molar-refractivity contribution in [2.45, 2.75) is 11.1 Å². The minimum absolute atomic E-state index is 0.0872. The standard InChI is InChI=1S/C16H11F3N4O2S/c17-16(18,19)9-1-3-11-13(5-9)20-7-15(11)26(24,25)23-10-2-4-12-14(6-10)22-8-21-12/h1-8,20,23H,(H,21,22). The van der Waals surface area contributed by atoms with E-state index in [2.05, 4.69) is 19.7 Å². The van der Waals surface area contributed by atoms with E-state index in [0.29, 0.717) is 16.7 Å². The quantitative estimate of drug-likeness (QED) is 0.504. The summed E-state index contributed by atoms with van der Waals surface area (Å²) in [5.41, 5.74) is 0.874. The van der Waals surface area contributed by atoms with Gasteiger partial charge in [-0.25, -0.2) is 13.4 Å². The second kappa shape index (κ2) is 5.49. The van der Waals surface area contributed by atoms with Gasteiger partial charge in [-0.05, 0) is 30.3 Å². The first-order valence-corrected chi connectivity index (χ1v) is 8.87. The van der Waals surface area contributed by atoms with Crippen molar-refractivity contribution in [2.75, 3.05) is 4.72 Å². The summed E-state index contributed by atoms with van der Waals surface area (Å²) in [6, 6.07) is 7.65. The molecule has 0 aliphatic rings. The van der Waals surface area contributed by atoms with Crippen LogP contribution in [0.15, 0.2) is 53.8 Å². The van der Waals surface area contributed by atoms with E-state index in [1.54, 1.807) is 18.2 Å². The van der Waals surface area contributed by atoms with Crippen molar-refractivity contribution in [3.05, 3.63) is 54.5 Å². The number of imidazole rings is 1. The zero-order valence-electron chi connectivity index (χ0n) is 12.9. The summed E-state index contributed by atoms with van der Waals surface area (Å²) >= 11 is 0. The monoisotopic (exact) mass is 380 g/mol. The summed E-state index contributed by atoms with van der Waals surface area (Å²) in [7, 11) is -3.99. The van der Waals surface area contributed by atoms with Gasteiger partial charge in [0, 0.05) is 17.1 Å². The van der Waals surface area contributed by atoms with E-state index < -0.39 is 21.8 Å². The highest BCUT2D eigenvalue weighted by Crippen LogP contribution is 2.33. The van der Waals surface area contributed by atoms with E-state index in [0.717, 1.165) is 18.2 Å². The van der Waals surface area contributed by atoms with Crippen LogP contribution in [0.4, 0.5) is 18.9 Å². The third-order valence-corrected chi connectivity index (χ3v) is 5.35. The van der Waals surface area contributed by atoms with Crippen LogP contribution in [0.3, 0.4) is 0 Å². The Bertz CT molecular complexity index is 1230. The maximum atomic E-state index is 12.8. The number of hydrogen-bond acceptors (Lipinski definition) is 3. The van der Waals surface area contributed by atoms with Gasteiger partial charge in [0.1, 0.15) is 4.90 Å². The Morgan fingerprint density at radius 3 is 2.58 bits per heavy atom. The predicted molar refractivity (Wildman–Crippen MR) is 90.2 cm³/mol. The highest BCUT2D eigenvalue weighted by atomic mass is 32.2. The van der Waals surface area contributed by atoms with Crippen molar-refractivity contribution in [2.24, 2.45) is 0 Å². The number of anilines is 1. The van der Waals surface area contributed by atoms with Crippen LogP contribution in [-0.2, 0) is 16.2 Å². The summed E-state index contributed by atoms with van der Waals surface area (Å²) in [4.78, 5) is 9.37. The fraction of sp³-hybridized carbons (Fsp3) is 0.0625. The molecule has 4 rings (SSSR count). The van der Waals surface area contributed by atoms with Crippen LogP contribution in [0.25, 0.3) is 21.9 Å². The average Bonchev–Trinajstić information content (AvgIpc) is 3.19. The zero-order valence-corrected chi connectivity index (χ0v) is 13.7. The SMILES string of the molecule is O=S(=O)(Nc1ccc2nc[nH]c2c1)c1c[nH]c2cc(C(F)(F)F)ccc12. The van der Waals surface area contributed by atoms with E-state index in [9.17, 15) is 21.6 Å². The number of nitrogens with one attached hydrogen (secondary N) is 3. The molecule has 0 unspecified atom stereocenters. The molecule has 10 heteroatoms. The molecule has 0 saturated heterocycles. The molecule has 0 spiro atoms. The van der Waals surface area contributed by atoms with E-state index in [1.165, 1.54) is 12.5 Å². The Kier molecular flexibility index (Phi) is 3.48. The zero-order chi connectivity index (χ0) is 18.5. The van der Waals surface area contributed by atoms with E-state index in [1.807, 2.05) is 0 Å². The van der Waals surface area contributed by atoms with Gasteiger partial charge in [0.25, 0.3) is 10.0 Å². The van der Waals surface area contributed by atoms with Gasteiger partial charge in [0.2, 0.25) is 0 Å². The normalized spacial score (nSPS) is 12.7. The average molecular weight is 380 g/mol. The summed E-state index contributed by atoms with van der Waals surface area (Å²) in [5.74, 6) is 0. The predicted octanol–water partition coefficient (Wildman–Crippen LogP) is 3.86. The number of nitrogens with zero attached hydrogens (tertiary/aromatic N) is 1. The molecule has 0 amide bonds. The molecule has 0 fully saturated rings.